The fourth-order valence-corrected chi connectivity index (χ4v) is 1.92. The minimum atomic E-state index is -0.595. The molecular formula is C18H18FN3O2. The van der Waals surface area contributed by atoms with Gasteiger partial charge < -0.3 is 5.32 Å². The highest BCUT2D eigenvalue weighted by Gasteiger charge is 2.10. The molecule has 2 amide bonds. The molecule has 0 aliphatic heterocycles. The topological polar surface area (TPSA) is 70.6 Å². The molecule has 0 saturated heterocycles. The molecule has 2 aromatic carbocycles. The van der Waals surface area contributed by atoms with Gasteiger partial charge in [0, 0.05) is 13.0 Å². The van der Waals surface area contributed by atoms with Gasteiger partial charge in [-0.1, -0.05) is 42.0 Å². The van der Waals surface area contributed by atoms with Crippen LogP contribution in [0.25, 0.3) is 0 Å². The van der Waals surface area contributed by atoms with Crippen molar-refractivity contribution in [3.63, 3.8) is 0 Å². The smallest absolute Gasteiger partial charge is 0.254 e. The zero-order valence-corrected chi connectivity index (χ0v) is 13.3. The zero-order chi connectivity index (χ0) is 17.4. The summed E-state index contributed by atoms with van der Waals surface area (Å²) in [7, 11) is 0. The van der Waals surface area contributed by atoms with Gasteiger partial charge in [0.05, 0.1) is 11.8 Å². The number of aryl methyl sites for hydroxylation is 1. The second-order valence-corrected chi connectivity index (χ2v) is 5.19. The van der Waals surface area contributed by atoms with Crippen LogP contribution in [0.15, 0.2) is 53.6 Å². The molecule has 2 rings (SSSR count). The number of hydrogen-bond acceptors (Lipinski definition) is 3. The summed E-state index contributed by atoms with van der Waals surface area (Å²) in [5.41, 5.74) is 4.34. The van der Waals surface area contributed by atoms with E-state index in [1.54, 1.807) is 6.07 Å². The lowest BCUT2D eigenvalue weighted by atomic mass is 10.2. The van der Waals surface area contributed by atoms with Crippen molar-refractivity contribution < 1.29 is 14.0 Å². The molecule has 0 heterocycles. The van der Waals surface area contributed by atoms with Gasteiger partial charge in [0.25, 0.3) is 5.91 Å². The number of amides is 2. The summed E-state index contributed by atoms with van der Waals surface area (Å²) < 4.78 is 13.4. The van der Waals surface area contributed by atoms with Gasteiger partial charge >= 0.3 is 0 Å². The highest BCUT2D eigenvalue weighted by atomic mass is 19.1. The third kappa shape index (κ3) is 5.31. The minimum absolute atomic E-state index is 0.0460. The van der Waals surface area contributed by atoms with Crippen LogP contribution in [-0.4, -0.2) is 24.6 Å². The summed E-state index contributed by atoms with van der Waals surface area (Å²) in [5, 5.41) is 6.34. The Morgan fingerprint density at radius 1 is 1.12 bits per heavy atom. The Balaban J connectivity index is 1.72. The average Bonchev–Trinajstić information content (AvgIpc) is 2.57. The lowest BCUT2D eigenvalue weighted by Gasteiger charge is -2.05. The molecule has 24 heavy (non-hydrogen) atoms. The molecule has 0 aliphatic carbocycles. The molecule has 0 bridgehead atoms. The average molecular weight is 327 g/mol. The van der Waals surface area contributed by atoms with Crippen molar-refractivity contribution in [1.29, 1.82) is 0 Å². The van der Waals surface area contributed by atoms with Crippen LogP contribution in [0.1, 0.15) is 27.9 Å². The predicted molar refractivity (Wildman–Crippen MR) is 90.3 cm³/mol. The normalized spacial score (nSPS) is 10.6. The molecular weight excluding hydrogens is 309 g/mol. The molecule has 0 unspecified atom stereocenters. The van der Waals surface area contributed by atoms with Crippen LogP contribution in [0.5, 0.6) is 0 Å². The van der Waals surface area contributed by atoms with Gasteiger partial charge in [-0.25, -0.2) is 9.82 Å². The fraction of sp³-hybridized carbons (Fsp3) is 0.167. The van der Waals surface area contributed by atoms with Gasteiger partial charge in [-0.2, -0.15) is 5.10 Å². The van der Waals surface area contributed by atoms with Crippen LogP contribution in [0.4, 0.5) is 4.39 Å². The Bertz CT molecular complexity index is 742. The number of rotatable bonds is 6. The van der Waals surface area contributed by atoms with Gasteiger partial charge in [-0.05, 0) is 24.6 Å². The second kappa shape index (κ2) is 8.57. The highest BCUT2D eigenvalue weighted by Crippen LogP contribution is 2.05. The third-order valence-corrected chi connectivity index (χ3v) is 3.24. The number of carbonyl (C=O) groups excluding carboxylic acids is 2. The van der Waals surface area contributed by atoms with E-state index >= 15 is 0 Å². The van der Waals surface area contributed by atoms with E-state index in [1.807, 2.05) is 31.2 Å². The Morgan fingerprint density at radius 3 is 2.54 bits per heavy atom. The van der Waals surface area contributed by atoms with Crippen LogP contribution in [0.3, 0.4) is 0 Å². The zero-order valence-electron chi connectivity index (χ0n) is 13.3. The lowest BCUT2D eigenvalue weighted by Crippen LogP contribution is -2.29. The largest absolute Gasteiger partial charge is 0.351 e. The van der Waals surface area contributed by atoms with Crippen molar-refractivity contribution in [2.24, 2.45) is 5.10 Å². The Labute approximate surface area is 139 Å². The van der Waals surface area contributed by atoms with Gasteiger partial charge in [-0.3, -0.25) is 9.59 Å². The van der Waals surface area contributed by atoms with E-state index in [-0.39, 0.29) is 24.4 Å². The monoisotopic (exact) mass is 327 g/mol. The Hall–Kier alpha value is -3.02. The molecule has 0 spiro atoms. The first kappa shape index (κ1) is 17.3. The van der Waals surface area contributed by atoms with Crippen LogP contribution in [-0.2, 0) is 4.79 Å². The summed E-state index contributed by atoms with van der Waals surface area (Å²) >= 11 is 0. The SMILES string of the molecule is Cc1ccc(C=NNC(=O)CCNC(=O)c2ccccc2F)cc1. The van der Waals surface area contributed by atoms with Crippen LogP contribution in [0, 0.1) is 12.7 Å². The van der Waals surface area contributed by atoms with Crippen molar-refractivity contribution in [1.82, 2.24) is 10.7 Å². The lowest BCUT2D eigenvalue weighted by molar-refractivity contribution is -0.120. The first-order chi connectivity index (χ1) is 11.6. The van der Waals surface area contributed by atoms with Gasteiger partial charge in [0.1, 0.15) is 5.82 Å². The minimum Gasteiger partial charge on any atom is -0.351 e. The van der Waals surface area contributed by atoms with Crippen LogP contribution in [0.2, 0.25) is 0 Å². The molecule has 2 aromatic rings. The maximum Gasteiger partial charge on any atom is 0.254 e. The number of nitrogens with one attached hydrogen (secondary N) is 2. The van der Waals surface area contributed by atoms with E-state index in [1.165, 1.54) is 24.4 Å². The standard InChI is InChI=1S/C18H18FN3O2/c1-13-6-8-14(9-7-13)12-21-22-17(23)10-11-20-18(24)15-4-2-3-5-16(15)19/h2-9,12H,10-11H2,1H3,(H,20,24)(H,22,23). The van der Waals surface area contributed by atoms with Gasteiger partial charge in [0.15, 0.2) is 0 Å². The molecule has 124 valence electrons. The fourth-order valence-electron chi connectivity index (χ4n) is 1.92. The predicted octanol–water partition coefficient (Wildman–Crippen LogP) is 2.40. The second-order valence-electron chi connectivity index (χ2n) is 5.19. The van der Waals surface area contributed by atoms with E-state index in [0.29, 0.717) is 0 Å². The molecule has 0 radical (unpaired) electrons. The van der Waals surface area contributed by atoms with E-state index in [2.05, 4.69) is 15.8 Å². The van der Waals surface area contributed by atoms with E-state index in [0.717, 1.165) is 11.1 Å². The Morgan fingerprint density at radius 2 is 1.83 bits per heavy atom. The van der Waals surface area contributed by atoms with Crippen molar-refractivity contribution in [3.05, 3.63) is 71.0 Å². The number of hydrogen-bond donors (Lipinski definition) is 2. The maximum atomic E-state index is 13.4. The number of nitrogens with zero attached hydrogens (tertiary/aromatic N) is 1. The molecule has 0 aliphatic rings. The molecule has 6 heteroatoms. The first-order valence-corrected chi connectivity index (χ1v) is 7.47. The Kier molecular flexibility index (Phi) is 6.19. The van der Waals surface area contributed by atoms with Crippen LogP contribution >= 0.6 is 0 Å². The van der Waals surface area contributed by atoms with E-state index in [9.17, 15) is 14.0 Å². The van der Waals surface area contributed by atoms with Crippen LogP contribution < -0.4 is 10.7 Å². The number of carbonyl (C=O) groups is 2. The molecule has 0 fully saturated rings. The molecule has 0 saturated carbocycles. The van der Waals surface area contributed by atoms with Crippen molar-refractivity contribution in [3.8, 4) is 0 Å². The van der Waals surface area contributed by atoms with Crippen molar-refractivity contribution in [2.75, 3.05) is 6.54 Å². The molecule has 0 aromatic heterocycles. The summed E-state index contributed by atoms with van der Waals surface area (Å²) in [6.45, 7) is 2.08. The highest BCUT2D eigenvalue weighted by molar-refractivity contribution is 5.94. The summed E-state index contributed by atoms with van der Waals surface area (Å²) in [6, 6.07) is 13.3. The molecule has 2 N–H and O–H groups in total. The quantitative estimate of drug-likeness (QED) is 0.632. The summed E-state index contributed by atoms with van der Waals surface area (Å²) in [6.07, 6.45) is 1.58. The van der Waals surface area contributed by atoms with E-state index in [4.69, 9.17) is 0 Å². The van der Waals surface area contributed by atoms with E-state index < -0.39 is 11.7 Å². The van der Waals surface area contributed by atoms with Crippen molar-refractivity contribution in [2.45, 2.75) is 13.3 Å². The molecule has 0 atom stereocenters. The molecule has 5 nitrogen and oxygen atoms in total. The number of benzene rings is 2. The summed E-state index contributed by atoms with van der Waals surface area (Å²) in [5.74, 6) is -1.49. The van der Waals surface area contributed by atoms with Gasteiger partial charge in [0.2, 0.25) is 5.91 Å². The van der Waals surface area contributed by atoms with Gasteiger partial charge in [-0.15, -0.1) is 0 Å². The van der Waals surface area contributed by atoms with Crippen molar-refractivity contribution >= 4 is 18.0 Å². The number of hydrazone groups is 1. The maximum absolute atomic E-state index is 13.4. The third-order valence-electron chi connectivity index (χ3n) is 3.24. The first-order valence-electron chi connectivity index (χ1n) is 7.47. The summed E-state index contributed by atoms with van der Waals surface area (Å²) in [4.78, 5) is 23.4. The number of halogens is 1.